The predicted molar refractivity (Wildman–Crippen MR) is 105 cm³/mol. The largest absolute Gasteiger partial charge is 0.359 e. The first kappa shape index (κ1) is 17.1. The van der Waals surface area contributed by atoms with Gasteiger partial charge in [-0.2, -0.15) is 5.26 Å². The summed E-state index contributed by atoms with van der Waals surface area (Å²) in [6.07, 6.45) is 11.8. The zero-order valence-corrected chi connectivity index (χ0v) is 16.6. The molecule has 0 amide bonds. The minimum atomic E-state index is 0.420. The number of fused-ring (bicyclic) bond motifs is 3. The van der Waals surface area contributed by atoms with E-state index >= 15 is 0 Å². The molecule has 0 unspecified atom stereocenters. The van der Waals surface area contributed by atoms with E-state index in [9.17, 15) is 5.26 Å². The van der Waals surface area contributed by atoms with Crippen LogP contribution in [0.15, 0.2) is 4.99 Å². The molecular formula is C21H29N3S. The second-order valence-electron chi connectivity index (χ2n) is 9.49. The molecule has 25 heavy (non-hydrogen) atoms. The minimum absolute atomic E-state index is 0.420. The Morgan fingerprint density at radius 2 is 2.00 bits per heavy atom. The Morgan fingerprint density at radius 3 is 2.80 bits per heavy atom. The van der Waals surface area contributed by atoms with Gasteiger partial charge in [0.25, 0.3) is 0 Å². The van der Waals surface area contributed by atoms with Crippen LogP contribution >= 0.6 is 11.3 Å². The van der Waals surface area contributed by atoms with Gasteiger partial charge in [-0.05, 0) is 61.3 Å². The van der Waals surface area contributed by atoms with Crippen molar-refractivity contribution < 1.29 is 0 Å². The Bertz CT molecular complexity index is 739. The van der Waals surface area contributed by atoms with Crippen molar-refractivity contribution >= 4 is 22.7 Å². The molecular weight excluding hydrogens is 326 g/mol. The molecule has 0 N–H and O–H groups in total. The van der Waals surface area contributed by atoms with E-state index in [4.69, 9.17) is 4.99 Å². The Balaban J connectivity index is 1.58. The van der Waals surface area contributed by atoms with Gasteiger partial charge in [0.15, 0.2) is 0 Å². The van der Waals surface area contributed by atoms with E-state index in [1.807, 2.05) is 0 Å². The number of likely N-dealkylation sites (tertiary alicyclic amines) is 1. The second-order valence-corrected chi connectivity index (χ2v) is 10.6. The molecule has 3 aliphatic rings. The molecule has 1 saturated carbocycles. The molecule has 1 aromatic heterocycles. The summed E-state index contributed by atoms with van der Waals surface area (Å²) in [4.78, 5) is 8.70. The molecule has 4 heteroatoms. The van der Waals surface area contributed by atoms with Crippen LogP contribution in [0.3, 0.4) is 0 Å². The summed E-state index contributed by atoms with van der Waals surface area (Å²) in [7, 11) is 0. The van der Waals surface area contributed by atoms with Crippen LogP contribution in [-0.2, 0) is 12.8 Å². The van der Waals surface area contributed by atoms with E-state index in [-0.39, 0.29) is 0 Å². The standard InChI is InChI=1S/C21H29N3S/c1-20(2)9-15-10-21(3,12-20)13-24(15)14-23-19-17(11-22)16-7-5-4-6-8-18(16)25-19/h14-15H,4-10,12-13H2,1-3H3/t15-,21-/m1/s1. The lowest BCUT2D eigenvalue weighted by Crippen LogP contribution is -2.34. The van der Waals surface area contributed by atoms with Crippen molar-refractivity contribution in [3.05, 3.63) is 16.0 Å². The Labute approximate surface area is 155 Å². The molecule has 0 aromatic carbocycles. The van der Waals surface area contributed by atoms with Crippen LogP contribution in [0.1, 0.15) is 75.3 Å². The van der Waals surface area contributed by atoms with Gasteiger partial charge < -0.3 is 4.90 Å². The fourth-order valence-corrected chi connectivity index (χ4v) is 6.88. The van der Waals surface area contributed by atoms with Crippen LogP contribution in [0.2, 0.25) is 0 Å². The summed E-state index contributed by atoms with van der Waals surface area (Å²) < 4.78 is 0. The van der Waals surface area contributed by atoms with E-state index in [2.05, 4.69) is 38.1 Å². The highest BCUT2D eigenvalue weighted by molar-refractivity contribution is 7.16. The topological polar surface area (TPSA) is 39.4 Å². The molecule has 4 rings (SSSR count). The number of hydrogen-bond donors (Lipinski definition) is 0. The Kier molecular flexibility index (Phi) is 4.19. The van der Waals surface area contributed by atoms with Gasteiger partial charge in [0.2, 0.25) is 0 Å². The van der Waals surface area contributed by atoms with E-state index in [0.29, 0.717) is 16.9 Å². The number of aryl methyl sites for hydroxylation is 1. The van der Waals surface area contributed by atoms with Gasteiger partial charge in [0.1, 0.15) is 11.1 Å². The van der Waals surface area contributed by atoms with Crippen LogP contribution in [0.25, 0.3) is 0 Å². The number of nitrogens with zero attached hydrogens (tertiary/aromatic N) is 3. The van der Waals surface area contributed by atoms with E-state index < -0.39 is 0 Å². The third kappa shape index (κ3) is 3.24. The number of thiophene rings is 1. The summed E-state index contributed by atoms with van der Waals surface area (Å²) in [5.41, 5.74) is 3.00. The van der Waals surface area contributed by atoms with Crippen molar-refractivity contribution in [3.63, 3.8) is 0 Å². The van der Waals surface area contributed by atoms with Gasteiger partial charge in [-0.1, -0.05) is 27.2 Å². The third-order valence-corrected chi connectivity index (χ3v) is 7.49. The Hall–Kier alpha value is -1.34. The molecule has 0 spiro atoms. The molecule has 1 aromatic rings. The lowest BCUT2D eigenvalue weighted by Gasteiger charge is -2.39. The van der Waals surface area contributed by atoms with Crippen molar-refractivity contribution in [3.8, 4) is 6.07 Å². The average Bonchev–Trinajstić information content (AvgIpc) is 2.86. The number of aliphatic imine (C=N–C) groups is 1. The molecule has 2 fully saturated rings. The average molecular weight is 356 g/mol. The summed E-state index contributed by atoms with van der Waals surface area (Å²) in [5, 5.41) is 10.6. The molecule has 2 bridgehead atoms. The first-order valence-corrected chi connectivity index (χ1v) is 10.6. The van der Waals surface area contributed by atoms with Gasteiger partial charge in [0, 0.05) is 17.5 Å². The van der Waals surface area contributed by atoms with E-state index in [0.717, 1.165) is 30.0 Å². The first-order valence-electron chi connectivity index (χ1n) is 9.74. The quantitative estimate of drug-likeness (QED) is 0.402. The molecule has 1 saturated heterocycles. The third-order valence-electron chi connectivity index (χ3n) is 6.29. The molecule has 3 nitrogen and oxygen atoms in total. The van der Waals surface area contributed by atoms with Crippen LogP contribution in [0, 0.1) is 22.2 Å². The highest BCUT2D eigenvalue weighted by atomic mass is 32.1. The Morgan fingerprint density at radius 1 is 1.20 bits per heavy atom. The van der Waals surface area contributed by atoms with Gasteiger partial charge in [0.05, 0.1) is 11.9 Å². The predicted octanol–water partition coefficient (Wildman–Crippen LogP) is 5.45. The van der Waals surface area contributed by atoms with E-state index in [1.165, 1.54) is 49.0 Å². The first-order chi connectivity index (χ1) is 11.9. The summed E-state index contributed by atoms with van der Waals surface area (Å²) in [6.45, 7) is 8.35. The van der Waals surface area contributed by atoms with Gasteiger partial charge >= 0.3 is 0 Å². The van der Waals surface area contributed by atoms with Crippen molar-refractivity contribution in [2.45, 2.75) is 78.2 Å². The van der Waals surface area contributed by atoms with E-state index in [1.54, 1.807) is 11.3 Å². The highest BCUT2D eigenvalue weighted by Crippen LogP contribution is 2.52. The summed E-state index contributed by atoms with van der Waals surface area (Å²) in [5.74, 6) is 0. The van der Waals surface area contributed by atoms with Crippen molar-refractivity contribution in [1.82, 2.24) is 4.90 Å². The SMILES string of the molecule is CC1(C)C[C@@H]2C[C@@](C)(CN2C=Nc2sc3c(c2C#N)CCCCC3)C1. The fourth-order valence-electron chi connectivity index (χ4n) is 5.70. The van der Waals surface area contributed by atoms with Gasteiger partial charge in [-0.15, -0.1) is 11.3 Å². The molecule has 0 radical (unpaired) electrons. The maximum atomic E-state index is 9.68. The van der Waals surface area contributed by atoms with Crippen LogP contribution in [0.5, 0.6) is 0 Å². The van der Waals surface area contributed by atoms with Crippen molar-refractivity contribution in [2.24, 2.45) is 15.8 Å². The summed E-state index contributed by atoms with van der Waals surface area (Å²) in [6, 6.07) is 3.06. The maximum Gasteiger partial charge on any atom is 0.136 e. The van der Waals surface area contributed by atoms with Crippen LogP contribution in [0.4, 0.5) is 5.00 Å². The van der Waals surface area contributed by atoms with Gasteiger partial charge in [-0.3, -0.25) is 0 Å². The highest BCUT2D eigenvalue weighted by Gasteiger charge is 2.48. The number of hydrogen-bond acceptors (Lipinski definition) is 3. The molecule has 1 aliphatic heterocycles. The van der Waals surface area contributed by atoms with Crippen LogP contribution < -0.4 is 0 Å². The molecule has 134 valence electrons. The maximum absolute atomic E-state index is 9.68. The van der Waals surface area contributed by atoms with Gasteiger partial charge in [-0.25, -0.2) is 4.99 Å². The number of nitriles is 1. The molecule has 2 aliphatic carbocycles. The smallest absolute Gasteiger partial charge is 0.136 e. The zero-order chi connectivity index (χ0) is 17.7. The fraction of sp³-hybridized carbons (Fsp3) is 0.714. The number of rotatable bonds is 2. The summed E-state index contributed by atoms with van der Waals surface area (Å²) >= 11 is 1.76. The van der Waals surface area contributed by atoms with Crippen LogP contribution in [-0.4, -0.2) is 23.8 Å². The minimum Gasteiger partial charge on any atom is -0.359 e. The normalized spacial score (nSPS) is 31.0. The van der Waals surface area contributed by atoms with Crippen molar-refractivity contribution in [1.29, 1.82) is 5.26 Å². The molecule has 2 heterocycles. The lowest BCUT2D eigenvalue weighted by atomic mass is 9.65. The molecule has 2 atom stereocenters. The monoisotopic (exact) mass is 355 g/mol. The zero-order valence-electron chi connectivity index (χ0n) is 15.8. The lowest BCUT2D eigenvalue weighted by molar-refractivity contribution is 0.133. The van der Waals surface area contributed by atoms with Crippen molar-refractivity contribution in [2.75, 3.05) is 6.54 Å². The second kappa shape index (κ2) is 6.13.